The molecule has 1 atom stereocenters. The molecule has 0 N–H and O–H groups in total. The van der Waals surface area contributed by atoms with Gasteiger partial charge in [-0.2, -0.15) is 0 Å². The lowest BCUT2D eigenvalue weighted by molar-refractivity contribution is 0.138. The summed E-state index contributed by atoms with van der Waals surface area (Å²) in [5.41, 5.74) is 1.37. The molecule has 152 valence electrons. The molecule has 0 fully saturated rings. The van der Waals surface area contributed by atoms with E-state index < -0.39 is 8.32 Å². The molecule has 28 heavy (non-hydrogen) atoms. The summed E-state index contributed by atoms with van der Waals surface area (Å²) in [5, 5.41) is 0. The Labute approximate surface area is 169 Å². The molecule has 5 nitrogen and oxygen atoms in total. The van der Waals surface area contributed by atoms with Crippen LogP contribution in [0.3, 0.4) is 0 Å². The van der Waals surface area contributed by atoms with Crippen LogP contribution < -0.4 is 0 Å². The van der Waals surface area contributed by atoms with Gasteiger partial charge in [-0.15, -0.1) is 0 Å². The Morgan fingerprint density at radius 2 is 1.82 bits per heavy atom. The number of hydrogen-bond donors (Lipinski definition) is 0. The molecule has 6 heteroatoms. The summed E-state index contributed by atoms with van der Waals surface area (Å²) in [4.78, 5) is 9.57. The average molecular weight is 401 g/mol. The van der Waals surface area contributed by atoms with E-state index in [0.717, 1.165) is 12.0 Å². The van der Waals surface area contributed by atoms with Crippen molar-refractivity contribution in [2.75, 3.05) is 6.61 Å². The van der Waals surface area contributed by atoms with E-state index in [-0.39, 0.29) is 11.6 Å². The van der Waals surface area contributed by atoms with Gasteiger partial charge in [-0.1, -0.05) is 44.2 Å². The standard InChI is InChI=1S/C22H32N2O3Si/c1-15(2)13-17(27-28(5,6)7)20-23-18(21-24-22(3,4)14-25-21)19(26-20)16-11-9-8-10-12-16/h8-12,15,17H,13-14H2,1-7H3. The lowest BCUT2D eigenvalue weighted by atomic mass is 10.1. The number of rotatable bonds is 7. The van der Waals surface area contributed by atoms with Gasteiger partial charge in [-0.25, -0.2) is 9.98 Å². The number of aromatic nitrogens is 1. The van der Waals surface area contributed by atoms with Crippen LogP contribution in [0.25, 0.3) is 11.3 Å². The second-order valence-electron chi connectivity index (χ2n) is 9.46. The van der Waals surface area contributed by atoms with Crippen LogP contribution in [0, 0.1) is 5.92 Å². The summed E-state index contributed by atoms with van der Waals surface area (Å²) in [6.45, 7) is 15.6. The molecule has 1 aliphatic heterocycles. The van der Waals surface area contributed by atoms with Crippen LogP contribution in [0.1, 0.15) is 51.8 Å². The van der Waals surface area contributed by atoms with Gasteiger partial charge in [0.05, 0.1) is 5.54 Å². The number of benzene rings is 1. The van der Waals surface area contributed by atoms with Gasteiger partial charge < -0.3 is 13.6 Å². The molecule has 0 amide bonds. The minimum atomic E-state index is -1.77. The monoisotopic (exact) mass is 400 g/mol. The maximum absolute atomic E-state index is 6.44. The molecule has 0 saturated heterocycles. The van der Waals surface area contributed by atoms with E-state index >= 15 is 0 Å². The fourth-order valence-corrected chi connectivity index (χ4v) is 4.22. The molecule has 0 aliphatic carbocycles. The Morgan fingerprint density at radius 3 is 2.36 bits per heavy atom. The lowest BCUT2D eigenvalue weighted by Gasteiger charge is -2.25. The van der Waals surface area contributed by atoms with E-state index in [1.165, 1.54) is 0 Å². The molecule has 0 radical (unpaired) electrons. The van der Waals surface area contributed by atoms with Crippen molar-refractivity contribution in [2.24, 2.45) is 10.9 Å². The topological polar surface area (TPSA) is 56.9 Å². The largest absolute Gasteiger partial charge is 0.474 e. The zero-order chi connectivity index (χ0) is 20.5. The third-order valence-electron chi connectivity index (χ3n) is 4.31. The summed E-state index contributed by atoms with van der Waals surface area (Å²) in [6, 6.07) is 10.0. The highest BCUT2D eigenvalue weighted by molar-refractivity contribution is 6.69. The van der Waals surface area contributed by atoms with Crippen molar-refractivity contribution in [3.05, 3.63) is 41.9 Å². The third kappa shape index (κ3) is 5.11. The van der Waals surface area contributed by atoms with E-state index in [9.17, 15) is 0 Å². The number of ether oxygens (including phenoxy) is 1. The Kier molecular flexibility index (Phi) is 5.82. The Hall–Kier alpha value is -1.92. The summed E-state index contributed by atoms with van der Waals surface area (Å²) in [7, 11) is -1.77. The SMILES string of the molecule is CC(C)CC(O[Si](C)(C)C)c1nc(C2=NC(C)(C)CO2)c(-c2ccccc2)o1. The van der Waals surface area contributed by atoms with Crippen molar-refractivity contribution in [3.8, 4) is 11.3 Å². The summed E-state index contributed by atoms with van der Waals surface area (Å²) in [5.74, 6) is 2.33. The minimum Gasteiger partial charge on any atom is -0.474 e. The van der Waals surface area contributed by atoms with E-state index in [2.05, 4.69) is 47.3 Å². The Bertz CT molecular complexity index is 835. The zero-order valence-corrected chi connectivity index (χ0v) is 19.1. The quantitative estimate of drug-likeness (QED) is 0.548. The molecule has 1 aromatic carbocycles. The molecule has 1 aromatic heterocycles. The number of aliphatic imine (C=N–C) groups is 1. The lowest BCUT2D eigenvalue weighted by Crippen LogP contribution is -2.28. The number of nitrogens with zero attached hydrogens (tertiary/aromatic N) is 2. The van der Waals surface area contributed by atoms with Crippen molar-refractivity contribution in [3.63, 3.8) is 0 Å². The van der Waals surface area contributed by atoms with Crippen LogP contribution >= 0.6 is 0 Å². The van der Waals surface area contributed by atoms with Gasteiger partial charge in [0, 0.05) is 5.56 Å². The summed E-state index contributed by atoms with van der Waals surface area (Å²) < 4.78 is 18.6. The summed E-state index contributed by atoms with van der Waals surface area (Å²) in [6.07, 6.45) is 0.690. The highest BCUT2D eigenvalue weighted by atomic mass is 28.4. The first-order valence-electron chi connectivity index (χ1n) is 10.0. The van der Waals surface area contributed by atoms with Crippen LogP contribution in [0.2, 0.25) is 19.6 Å². The molecule has 2 heterocycles. The van der Waals surface area contributed by atoms with E-state index in [4.69, 9.17) is 23.6 Å². The second kappa shape index (κ2) is 7.83. The molecule has 1 unspecified atom stereocenters. The first-order valence-corrected chi connectivity index (χ1v) is 13.4. The first-order chi connectivity index (χ1) is 13.0. The van der Waals surface area contributed by atoms with E-state index in [0.29, 0.717) is 35.8 Å². The normalized spacial score (nSPS) is 17.5. The third-order valence-corrected chi connectivity index (χ3v) is 5.30. The van der Waals surface area contributed by atoms with Crippen LogP contribution in [0.15, 0.2) is 39.7 Å². The van der Waals surface area contributed by atoms with Gasteiger partial charge >= 0.3 is 0 Å². The van der Waals surface area contributed by atoms with Gasteiger partial charge in [-0.3, -0.25) is 0 Å². The number of oxazole rings is 1. The van der Waals surface area contributed by atoms with Gasteiger partial charge in [0.15, 0.2) is 19.8 Å². The highest BCUT2D eigenvalue weighted by Crippen LogP contribution is 2.35. The average Bonchev–Trinajstić information content (AvgIpc) is 3.17. The minimum absolute atomic E-state index is 0.169. The van der Waals surface area contributed by atoms with Crippen LogP contribution in [0.5, 0.6) is 0 Å². The van der Waals surface area contributed by atoms with Crippen molar-refractivity contribution >= 4 is 14.2 Å². The maximum atomic E-state index is 6.44. The molecular formula is C22H32N2O3Si. The molecule has 1 aliphatic rings. The van der Waals surface area contributed by atoms with Gasteiger partial charge in [0.1, 0.15) is 12.7 Å². The van der Waals surface area contributed by atoms with Crippen LogP contribution in [-0.4, -0.2) is 31.3 Å². The van der Waals surface area contributed by atoms with E-state index in [1.807, 2.05) is 30.3 Å². The predicted molar refractivity (Wildman–Crippen MR) is 115 cm³/mol. The second-order valence-corrected chi connectivity index (χ2v) is 13.9. The Morgan fingerprint density at radius 1 is 1.14 bits per heavy atom. The van der Waals surface area contributed by atoms with Gasteiger partial charge in [-0.05, 0) is 45.8 Å². The summed E-state index contributed by atoms with van der Waals surface area (Å²) >= 11 is 0. The molecular weight excluding hydrogens is 368 g/mol. The van der Waals surface area contributed by atoms with Crippen molar-refractivity contribution < 1.29 is 13.6 Å². The Balaban J connectivity index is 2.07. The molecule has 0 bridgehead atoms. The molecule has 0 saturated carbocycles. The van der Waals surface area contributed by atoms with Crippen molar-refractivity contribution in [2.45, 2.75) is 65.4 Å². The van der Waals surface area contributed by atoms with Crippen LogP contribution in [0.4, 0.5) is 0 Å². The predicted octanol–water partition coefficient (Wildman–Crippen LogP) is 5.84. The van der Waals surface area contributed by atoms with Gasteiger partial charge in [0.2, 0.25) is 11.8 Å². The maximum Gasteiger partial charge on any atom is 0.240 e. The van der Waals surface area contributed by atoms with E-state index in [1.54, 1.807) is 0 Å². The molecule has 3 rings (SSSR count). The first kappa shape index (κ1) is 20.8. The van der Waals surface area contributed by atoms with Crippen molar-refractivity contribution in [1.29, 1.82) is 0 Å². The van der Waals surface area contributed by atoms with Crippen molar-refractivity contribution in [1.82, 2.24) is 4.98 Å². The smallest absolute Gasteiger partial charge is 0.240 e. The fourth-order valence-electron chi connectivity index (χ4n) is 3.16. The number of hydrogen-bond acceptors (Lipinski definition) is 5. The highest BCUT2D eigenvalue weighted by Gasteiger charge is 2.34. The van der Waals surface area contributed by atoms with Gasteiger partial charge in [0.25, 0.3) is 0 Å². The molecule has 0 spiro atoms. The zero-order valence-electron chi connectivity index (χ0n) is 18.1. The molecule has 2 aromatic rings. The van der Waals surface area contributed by atoms with Crippen LogP contribution in [-0.2, 0) is 9.16 Å². The fraction of sp³-hybridized carbons (Fsp3) is 0.545.